The minimum Gasteiger partial charge on any atom is -0.399 e. The smallest absolute Gasteiger partial charge is 0.251 e. The average molecular weight is 395 g/mol. The molecule has 0 aliphatic heterocycles. The minimum atomic E-state index is -0.116. The van der Waals surface area contributed by atoms with Crippen molar-refractivity contribution in [3.8, 4) is 0 Å². The number of fused-ring (bicyclic) bond motifs is 1. The van der Waals surface area contributed by atoms with Crippen LogP contribution in [0.25, 0.3) is 11.0 Å². The number of benzene rings is 2. The van der Waals surface area contributed by atoms with Gasteiger partial charge in [0, 0.05) is 30.3 Å². The number of carbonyl (C=O) groups excluding carboxylic acids is 1. The van der Waals surface area contributed by atoms with E-state index in [4.69, 9.17) is 10.7 Å². The third kappa shape index (κ3) is 4.68. The predicted octanol–water partition coefficient (Wildman–Crippen LogP) is 4.02. The summed E-state index contributed by atoms with van der Waals surface area (Å²) < 4.78 is 2.22. The monoisotopic (exact) mass is 394 g/mol. The first-order chi connectivity index (χ1) is 11.6. The number of halogens is 2. The summed E-state index contributed by atoms with van der Waals surface area (Å²) in [6.45, 7) is 4.82. The lowest BCUT2D eigenvalue weighted by atomic mass is 10.2. The van der Waals surface area contributed by atoms with Crippen molar-refractivity contribution in [2.45, 2.75) is 26.3 Å². The molecule has 0 aliphatic carbocycles. The van der Waals surface area contributed by atoms with Crippen molar-refractivity contribution in [1.82, 2.24) is 14.9 Å². The van der Waals surface area contributed by atoms with Crippen LogP contribution in [0.1, 0.15) is 36.1 Å². The number of aromatic nitrogens is 2. The molecular weight excluding hydrogens is 371 g/mol. The van der Waals surface area contributed by atoms with Crippen molar-refractivity contribution in [3.63, 3.8) is 0 Å². The van der Waals surface area contributed by atoms with Crippen LogP contribution in [-0.2, 0) is 6.42 Å². The van der Waals surface area contributed by atoms with Gasteiger partial charge in [0.25, 0.3) is 5.91 Å². The molecule has 26 heavy (non-hydrogen) atoms. The Balaban J connectivity index is 0.00000169. The normalized spacial score (nSPS) is 10.3. The first-order valence-electron chi connectivity index (χ1n) is 8.16. The van der Waals surface area contributed by atoms with E-state index in [-0.39, 0.29) is 30.7 Å². The van der Waals surface area contributed by atoms with Gasteiger partial charge in [-0.15, -0.1) is 24.8 Å². The van der Waals surface area contributed by atoms with Crippen LogP contribution in [0.3, 0.4) is 0 Å². The zero-order valence-corrected chi connectivity index (χ0v) is 16.4. The molecule has 0 spiro atoms. The van der Waals surface area contributed by atoms with E-state index < -0.39 is 0 Å². The summed E-state index contributed by atoms with van der Waals surface area (Å²) in [5.41, 5.74) is 9.00. The molecule has 1 aromatic heterocycles. The second-order valence-corrected chi connectivity index (χ2v) is 6.11. The number of anilines is 1. The molecule has 1 heterocycles. The van der Waals surface area contributed by atoms with Gasteiger partial charge in [-0.25, -0.2) is 4.98 Å². The third-order valence-electron chi connectivity index (χ3n) is 3.97. The van der Waals surface area contributed by atoms with E-state index in [1.165, 1.54) is 0 Å². The molecule has 140 valence electrons. The number of para-hydroxylation sites is 2. The fourth-order valence-electron chi connectivity index (χ4n) is 2.92. The molecule has 5 nitrogen and oxygen atoms in total. The number of amides is 1. The average Bonchev–Trinajstić information content (AvgIpc) is 2.93. The Morgan fingerprint density at radius 3 is 2.58 bits per heavy atom. The van der Waals surface area contributed by atoms with Crippen LogP contribution < -0.4 is 11.1 Å². The number of nitrogens with one attached hydrogen (secondary N) is 1. The summed E-state index contributed by atoms with van der Waals surface area (Å²) in [4.78, 5) is 16.9. The molecule has 0 saturated heterocycles. The van der Waals surface area contributed by atoms with Crippen LogP contribution >= 0.6 is 24.8 Å². The molecule has 0 atom stereocenters. The van der Waals surface area contributed by atoms with Crippen molar-refractivity contribution >= 4 is 47.4 Å². The summed E-state index contributed by atoms with van der Waals surface area (Å²) in [5, 5.41) is 2.94. The maximum Gasteiger partial charge on any atom is 0.251 e. The molecule has 0 bridgehead atoms. The molecule has 0 aliphatic rings. The van der Waals surface area contributed by atoms with Crippen LogP contribution in [0.15, 0.2) is 48.5 Å². The van der Waals surface area contributed by atoms with E-state index in [2.05, 4.69) is 29.8 Å². The van der Waals surface area contributed by atoms with Gasteiger partial charge >= 0.3 is 0 Å². The van der Waals surface area contributed by atoms with Gasteiger partial charge in [-0.2, -0.15) is 0 Å². The lowest BCUT2D eigenvalue weighted by molar-refractivity contribution is 0.0954. The highest BCUT2D eigenvalue weighted by molar-refractivity contribution is 5.95. The number of hydrogen-bond donors (Lipinski definition) is 2. The van der Waals surface area contributed by atoms with Crippen molar-refractivity contribution in [2.75, 3.05) is 12.3 Å². The van der Waals surface area contributed by atoms with Crippen LogP contribution in [-0.4, -0.2) is 22.0 Å². The number of carbonyl (C=O) groups is 1. The Kier molecular flexibility index (Phi) is 7.93. The van der Waals surface area contributed by atoms with Gasteiger partial charge in [0.05, 0.1) is 11.0 Å². The number of nitrogen functional groups attached to an aromatic ring is 1. The van der Waals surface area contributed by atoms with Crippen LogP contribution in [0.5, 0.6) is 0 Å². The standard InChI is InChI=1S/C19H22N4O.2ClH/c1-13(2)23-17-9-4-3-8-16(17)22-18(23)10-11-21-19(24)14-6-5-7-15(20)12-14;;/h3-9,12-13H,10-11,20H2,1-2H3,(H,21,24);2*1H. The first-order valence-corrected chi connectivity index (χ1v) is 8.16. The van der Waals surface area contributed by atoms with Gasteiger partial charge < -0.3 is 15.6 Å². The van der Waals surface area contributed by atoms with Gasteiger partial charge in [0.15, 0.2) is 0 Å². The molecule has 3 N–H and O–H groups in total. The number of imidazole rings is 1. The summed E-state index contributed by atoms with van der Waals surface area (Å²) in [6, 6.07) is 15.4. The largest absolute Gasteiger partial charge is 0.399 e. The molecule has 0 saturated carbocycles. The lowest BCUT2D eigenvalue weighted by Crippen LogP contribution is -2.26. The van der Waals surface area contributed by atoms with E-state index >= 15 is 0 Å². The molecule has 2 aromatic carbocycles. The zero-order chi connectivity index (χ0) is 17.1. The summed E-state index contributed by atoms with van der Waals surface area (Å²) in [5.74, 6) is 0.869. The summed E-state index contributed by atoms with van der Waals surface area (Å²) >= 11 is 0. The number of rotatable bonds is 5. The molecular formula is C19H24Cl2N4O. The zero-order valence-electron chi connectivity index (χ0n) is 14.8. The molecule has 0 fully saturated rings. The van der Waals surface area contributed by atoms with Gasteiger partial charge in [-0.3, -0.25) is 4.79 Å². The van der Waals surface area contributed by atoms with Crippen molar-refractivity contribution in [2.24, 2.45) is 0 Å². The molecule has 1 amide bonds. The molecule has 3 rings (SSSR count). The number of nitrogens with zero attached hydrogens (tertiary/aromatic N) is 2. The van der Waals surface area contributed by atoms with E-state index in [9.17, 15) is 4.79 Å². The second kappa shape index (κ2) is 9.46. The molecule has 3 aromatic rings. The number of hydrogen-bond acceptors (Lipinski definition) is 3. The van der Waals surface area contributed by atoms with Crippen molar-refractivity contribution < 1.29 is 4.79 Å². The Labute approximate surface area is 165 Å². The van der Waals surface area contributed by atoms with Crippen molar-refractivity contribution in [1.29, 1.82) is 0 Å². The maximum atomic E-state index is 12.2. The number of nitrogens with two attached hydrogens (primary N) is 1. The van der Waals surface area contributed by atoms with Crippen LogP contribution in [0.2, 0.25) is 0 Å². The van der Waals surface area contributed by atoms with E-state index in [1.54, 1.807) is 24.3 Å². The van der Waals surface area contributed by atoms with E-state index in [1.807, 2.05) is 18.2 Å². The molecule has 0 radical (unpaired) electrons. The van der Waals surface area contributed by atoms with E-state index in [0.29, 0.717) is 30.3 Å². The van der Waals surface area contributed by atoms with Crippen LogP contribution in [0.4, 0.5) is 5.69 Å². The molecule has 7 heteroatoms. The molecule has 0 unspecified atom stereocenters. The Morgan fingerprint density at radius 1 is 1.15 bits per heavy atom. The second-order valence-electron chi connectivity index (χ2n) is 6.11. The Hall–Kier alpha value is -2.24. The van der Waals surface area contributed by atoms with Gasteiger partial charge in [-0.1, -0.05) is 18.2 Å². The van der Waals surface area contributed by atoms with Crippen molar-refractivity contribution in [3.05, 3.63) is 59.9 Å². The third-order valence-corrected chi connectivity index (χ3v) is 3.97. The van der Waals surface area contributed by atoms with Gasteiger partial charge in [0.1, 0.15) is 5.82 Å². The topological polar surface area (TPSA) is 72.9 Å². The Morgan fingerprint density at radius 2 is 1.88 bits per heavy atom. The SMILES string of the molecule is CC(C)n1c(CCNC(=O)c2cccc(N)c2)nc2ccccc21.Cl.Cl. The van der Waals surface area contributed by atoms with E-state index in [0.717, 1.165) is 16.9 Å². The highest BCUT2D eigenvalue weighted by Gasteiger charge is 2.13. The maximum absolute atomic E-state index is 12.2. The highest BCUT2D eigenvalue weighted by Crippen LogP contribution is 2.21. The Bertz CT molecular complexity index is 877. The van der Waals surface area contributed by atoms with Crippen LogP contribution in [0, 0.1) is 0 Å². The minimum absolute atomic E-state index is 0. The van der Waals surface area contributed by atoms with Gasteiger partial charge in [-0.05, 0) is 44.2 Å². The fraction of sp³-hybridized carbons (Fsp3) is 0.263. The van der Waals surface area contributed by atoms with Gasteiger partial charge in [0.2, 0.25) is 0 Å². The first kappa shape index (κ1) is 21.8. The quantitative estimate of drug-likeness (QED) is 0.641. The predicted molar refractivity (Wildman–Crippen MR) is 112 cm³/mol. The highest BCUT2D eigenvalue weighted by atomic mass is 35.5. The fourth-order valence-corrected chi connectivity index (χ4v) is 2.92. The summed E-state index contributed by atoms with van der Waals surface area (Å²) in [7, 11) is 0. The summed E-state index contributed by atoms with van der Waals surface area (Å²) in [6.07, 6.45) is 0.681. The lowest BCUT2D eigenvalue weighted by Gasteiger charge is -2.13.